The van der Waals surface area contributed by atoms with Gasteiger partial charge in [-0.2, -0.15) is 0 Å². The Morgan fingerprint density at radius 1 is 0.917 bits per heavy atom. The molecule has 5 heteroatoms. The summed E-state index contributed by atoms with van der Waals surface area (Å²) in [6, 6.07) is 15.3. The number of hydrogen-bond acceptors (Lipinski definition) is 2. The number of halogens is 1. The van der Waals surface area contributed by atoms with Gasteiger partial charge in [-0.05, 0) is 48.4 Å². The molecule has 0 radical (unpaired) electrons. The van der Waals surface area contributed by atoms with Crippen LogP contribution in [0.4, 0.5) is 4.39 Å². The van der Waals surface area contributed by atoms with Gasteiger partial charge < -0.3 is 4.57 Å². The molecule has 0 saturated carbocycles. The van der Waals surface area contributed by atoms with Gasteiger partial charge >= 0.3 is 0 Å². The molecule has 24 heavy (non-hydrogen) atoms. The summed E-state index contributed by atoms with van der Waals surface area (Å²) in [5.74, 6) is -0.273. The molecular weight excluding hydrogens is 325 g/mol. The van der Waals surface area contributed by atoms with E-state index in [4.69, 9.17) is 0 Å². The van der Waals surface area contributed by atoms with E-state index in [9.17, 15) is 12.8 Å². The van der Waals surface area contributed by atoms with Crippen molar-refractivity contribution in [3.63, 3.8) is 0 Å². The molecule has 0 saturated heterocycles. The molecule has 0 aliphatic carbocycles. The first-order valence-electron chi connectivity index (χ1n) is 7.50. The Morgan fingerprint density at radius 2 is 1.46 bits per heavy atom. The summed E-state index contributed by atoms with van der Waals surface area (Å²) >= 11 is 0. The molecule has 124 valence electrons. The third kappa shape index (κ3) is 2.99. The van der Waals surface area contributed by atoms with Crippen molar-refractivity contribution in [3.8, 4) is 22.4 Å². The van der Waals surface area contributed by atoms with Crippen LogP contribution in [0.2, 0.25) is 0 Å². The number of rotatable bonds is 3. The first-order chi connectivity index (χ1) is 11.3. The van der Waals surface area contributed by atoms with Gasteiger partial charge in [-0.25, -0.2) is 12.8 Å². The fourth-order valence-corrected chi connectivity index (χ4v) is 3.42. The van der Waals surface area contributed by atoms with Crippen LogP contribution < -0.4 is 0 Å². The molecule has 0 unspecified atom stereocenters. The highest BCUT2D eigenvalue weighted by Gasteiger charge is 2.15. The Morgan fingerprint density at radius 3 is 2.00 bits per heavy atom. The lowest BCUT2D eigenvalue weighted by atomic mass is 10.0. The van der Waals surface area contributed by atoms with Crippen molar-refractivity contribution in [2.24, 2.45) is 7.05 Å². The van der Waals surface area contributed by atoms with Gasteiger partial charge in [0.2, 0.25) is 0 Å². The number of nitrogens with zero attached hydrogens (tertiary/aromatic N) is 1. The molecule has 0 bridgehead atoms. The highest BCUT2D eigenvalue weighted by atomic mass is 32.2. The van der Waals surface area contributed by atoms with E-state index >= 15 is 0 Å². The Hall–Kier alpha value is -2.40. The van der Waals surface area contributed by atoms with Gasteiger partial charge in [0, 0.05) is 24.6 Å². The zero-order valence-electron chi connectivity index (χ0n) is 13.7. The first-order valence-corrected chi connectivity index (χ1v) is 9.39. The van der Waals surface area contributed by atoms with Crippen LogP contribution >= 0.6 is 0 Å². The summed E-state index contributed by atoms with van der Waals surface area (Å²) in [7, 11) is -1.26. The van der Waals surface area contributed by atoms with Crippen molar-refractivity contribution in [2.75, 3.05) is 6.26 Å². The minimum Gasteiger partial charge on any atom is -0.347 e. The van der Waals surface area contributed by atoms with Crippen LogP contribution in [0, 0.1) is 12.7 Å². The van der Waals surface area contributed by atoms with Crippen LogP contribution in [0.25, 0.3) is 22.4 Å². The molecule has 1 heterocycles. The first kappa shape index (κ1) is 16.5. The maximum absolute atomic E-state index is 13.2. The molecule has 0 amide bonds. The van der Waals surface area contributed by atoms with Gasteiger partial charge in [0.05, 0.1) is 10.6 Å². The second kappa shape index (κ2) is 5.91. The predicted octanol–water partition coefficient (Wildman–Crippen LogP) is 4.21. The normalized spacial score (nSPS) is 11.7. The van der Waals surface area contributed by atoms with Crippen molar-refractivity contribution < 1.29 is 12.8 Å². The highest BCUT2D eigenvalue weighted by Crippen LogP contribution is 2.35. The minimum atomic E-state index is -3.22. The van der Waals surface area contributed by atoms with E-state index in [1.54, 1.807) is 36.4 Å². The lowest BCUT2D eigenvalue weighted by Crippen LogP contribution is -1.98. The zero-order valence-corrected chi connectivity index (χ0v) is 14.6. The molecule has 0 fully saturated rings. The fraction of sp³-hybridized carbons (Fsp3) is 0.158. The molecule has 1 aromatic heterocycles. The zero-order chi connectivity index (χ0) is 17.5. The molecule has 0 aliphatic rings. The quantitative estimate of drug-likeness (QED) is 0.714. The summed E-state index contributed by atoms with van der Waals surface area (Å²) in [4.78, 5) is 0.292. The topological polar surface area (TPSA) is 39.1 Å². The standard InChI is InChI=1S/C19H18FNO2S/c1-13-12-18(14-4-8-16(20)9-5-14)19(21(13)2)15-6-10-17(11-7-15)24(3,22)23/h4-12H,1-3H3. The summed E-state index contributed by atoms with van der Waals surface area (Å²) < 4.78 is 38.5. The molecule has 0 spiro atoms. The van der Waals surface area contributed by atoms with Crippen molar-refractivity contribution in [2.45, 2.75) is 11.8 Å². The SMILES string of the molecule is Cc1cc(-c2ccc(F)cc2)c(-c2ccc(S(C)(=O)=O)cc2)n1C. The molecule has 3 rings (SSSR count). The lowest BCUT2D eigenvalue weighted by Gasteiger charge is -2.10. The molecule has 3 aromatic rings. The fourth-order valence-electron chi connectivity index (χ4n) is 2.79. The van der Waals surface area contributed by atoms with E-state index in [0.717, 1.165) is 28.1 Å². The number of aromatic nitrogens is 1. The van der Waals surface area contributed by atoms with Gasteiger partial charge in [0.15, 0.2) is 9.84 Å². The van der Waals surface area contributed by atoms with Gasteiger partial charge in [-0.15, -0.1) is 0 Å². The Balaban J connectivity index is 2.16. The van der Waals surface area contributed by atoms with E-state index in [0.29, 0.717) is 4.90 Å². The second-order valence-corrected chi connectivity index (χ2v) is 7.93. The summed E-state index contributed by atoms with van der Waals surface area (Å²) in [6.45, 7) is 2.00. The summed E-state index contributed by atoms with van der Waals surface area (Å²) in [5.41, 5.74) is 4.86. The van der Waals surface area contributed by atoms with Crippen LogP contribution in [0.3, 0.4) is 0 Å². The largest absolute Gasteiger partial charge is 0.347 e. The number of sulfone groups is 1. The van der Waals surface area contributed by atoms with Crippen LogP contribution in [0.1, 0.15) is 5.69 Å². The van der Waals surface area contributed by atoms with Crippen LogP contribution in [-0.2, 0) is 16.9 Å². The highest BCUT2D eigenvalue weighted by molar-refractivity contribution is 7.90. The van der Waals surface area contributed by atoms with Crippen molar-refractivity contribution in [1.29, 1.82) is 0 Å². The van der Waals surface area contributed by atoms with E-state index in [2.05, 4.69) is 0 Å². The van der Waals surface area contributed by atoms with Crippen LogP contribution in [0.15, 0.2) is 59.5 Å². The minimum absolute atomic E-state index is 0.273. The van der Waals surface area contributed by atoms with Crippen molar-refractivity contribution >= 4 is 9.84 Å². The summed E-state index contributed by atoms with van der Waals surface area (Å²) in [5, 5.41) is 0. The van der Waals surface area contributed by atoms with Crippen molar-refractivity contribution in [3.05, 3.63) is 66.1 Å². The second-order valence-electron chi connectivity index (χ2n) is 5.91. The van der Waals surface area contributed by atoms with Crippen LogP contribution in [-0.4, -0.2) is 19.2 Å². The van der Waals surface area contributed by atoms with E-state index < -0.39 is 9.84 Å². The molecule has 3 nitrogen and oxygen atoms in total. The predicted molar refractivity (Wildman–Crippen MR) is 94.1 cm³/mol. The number of hydrogen-bond donors (Lipinski definition) is 0. The molecule has 0 aliphatic heterocycles. The number of benzene rings is 2. The maximum Gasteiger partial charge on any atom is 0.175 e. The Labute approximate surface area is 141 Å². The monoisotopic (exact) mass is 343 g/mol. The number of aryl methyl sites for hydroxylation is 1. The molecular formula is C19H18FNO2S. The van der Waals surface area contributed by atoms with E-state index in [-0.39, 0.29) is 5.82 Å². The average molecular weight is 343 g/mol. The van der Waals surface area contributed by atoms with Crippen molar-refractivity contribution in [1.82, 2.24) is 4.57 Å². The smallest absolute Gasteiger partial charge is 0.175 e. The average Bonchev–Trinajstić information content (AvgIpc) is 2.83. The van der Waals surface area contributed by atoms with Gasteiger partial charge in [0.1, 0.15) is 5.82 Å². The third-order valence-electron chi connectivity index (χ3n) is 4.18. The lowest BCUT2D eigenvalue weighted by molar-refractivity contribution is 0.602. The third-order valence-corrected chi connectivity index (χ3v) is 5.31. The van der Waals surface area contributed by atoms with Gasteiger partial charge in [-0.3, -0.25) is 0 Å². The van der Waals surface area contributed by atoms with Crippen LogP contribution in [0.5, 0.6) is 0 Å². The molecule has 0 atom stereocenters. The van der Waals surface area contributed by atoms with Gasteiger partial charge in [-0.1, -0.05) is 24.3 Å². The maximum atomic E-state index is 13.2. The Kier molecular flexibility index (Phi) is 4.05. The molecule has 2 aromatic carbocycles. The summed E-state index contributed by atoms with van der Waals surface area (Å²) in [6.07, 6.45) is 1.19. The molecule has 0 N–H and O–H groups in total. The van der Waals surface area contributed by atoms with E-state index in [1.807, 2.05) is 24.6 Å². The Bertz CT molecular complexity index is 985. The van der Waals surface area contributed by atoms with E-state index in [1.165, 1.54) is 18.4 Å². The van der Waals surface area contributed by atoms with Gasteiger partial charge in [0.25, 0.3) is 0 Å².